The van der Waals surface area contributed by atoms with Crippen LogP contribution in [0.4, 0.5) is 5.69 Å². The van der Waals surface area contributed by atoms with Crippen molar-refractivity contribution in [1.82, 2.24) is 4.90 Å². The van der Waals surface area contributed by atoms with Crippen molar-refractivity contribution >= 4 is 22.4 Å². The average molecular weight is 307 g/mol. The minimum Gasteiger partial charge on any atom is -0.384 e. The molecular formula is C19H21N3O. The predicted octanol–water partition coefficient (Wildman–Crippen LogP) is 3.40. The molecule has 1 aliphatic rings. The predicted molar refractivity (Wildman–Crippen MR) is 91.9 cm³/mol. The van der Waals surface area contributed by atoms with Gasteiger partial charge in [0.2, 0.25) is 5.91 Å². The van der Waals surface area contributed by atoms with Gasteiger partial charge in [-0.25, -0.2) is 0 Å². The van der Waals surface area contributed by atoms with Crippen molar-refractivity contribution in [3.05, 3.63) is 42.5 Å². The maximum Gasteiger partial charge on any atom is 0.225 e. The molecule has 1 amide bonds. The minimum absolute atomic E-state index is 0.0636. The van der Waals surface area contributed by atoms with Crippen LogP contribution in [-0.4, -0.2) is 29.9 Å². The molecule has 2 aromatic rings. The molecule has 0 bridgehead atoms. The Labute approximate surface area is 136 Å². The Morgan fingerprint density at radius 2 is 2.09 bits per heavy atom. The summed E-state index contributed by atoms with van der Waals surface area (Å²) in [5, 5.41) is 14.9. The van der Waals surface area contributed by atoms with E-state index in [2.05, 4.69) is 36.5 Å². The highest BCUT2D eigenvalue weighted by atomic mass is 16.2. The number of likely N-dealkylation sites (tertiary alicyclic amines) is 1. The second kappa shape index (κ2) is 6.70. The van der Waals surface area contributed by atoms with Gasteiger partial charge in [0.25, 0.3) is 0 Å². The zero-order valence-electron chi connectivity index (χ0n) is 13.3. The van der Waals surface area contributed by atoms with Crippen LogP contribution in [0.25, 0.3) is 10.8 Å². The van der Waals surface area contributed by atoms with Crippen LogP contribution in [0.1, 0.15) is 19.8 Å². The highest BCUT2D eigenvalue weighted by Crippen LogP contribution is 2.24. The van der Waals surface area contributed by atoms with Gasteiger partial charge in [0.15, 0.2) is 0 Å². The van der Waals surface area contributed by atoms with Crippen molar-refractivity contribution in [2.24, 2.45) is 5.92 Å². The number of carbonyl (C=O) groups is 1. The molecule has 118 valence electrons. The maximum absolute atomic E-state index is 12.3. The SMILES string of the molecule is CC1CC(C#N)N(C(=O)CCNc2cccc3ccccc23)C1. The number of anilines is 1. The van der Waals surface area contributed by atoms with Gasteiger partial charge < -0.3 is 10.2 Å². The van der Waals surface area contributed by atoms with E-state index in [-0.39, 0.29) is 11.9 Å². The van der Waals surface area contributed by atoms with Crippen LogP contribution < -0.4 is 5.32 Å². The molecule has 23 heavy (non-hydrogen) atoms. The Morgan fingerprint density at radius 1 is 1.30 bits per heavy atom. The summed E-state index contributed by atoms with van der Waals surface area (Å²) >= 11 is 0. The van der Waals surface area contributed by atoms with Gasteiger partial charge in [0.05, 0.1) is 6.07 Å². The Balaban J connectivity index is 1.61. The summed E-state index contributed by atoms with van der Waals surface area (Å²) in [7, 11) is 0. The molecule has 0 radical (unpaired) electrons. The Bertz CT molecular complexity index is 744. The van der Waals surface area contributed by atoms with Crippen LogP contribution in [0.5, 0.6) is 0 Å². The van der Waals surface area contributed by atoms with Gasteiger partial charge in [-0.2, -0.15) is 5.26 Å². The van der Waals surface area contributed by atoms with E-state index >= 15 is 0 Å². The normalized spacial score (nSPS) is 20.4. The van der Waals surface area contributed by atoms with Gasteiger partial charge in [0, 0.05) is 30.6 Å². The summed E-state index contributed by atoms with van der Waals surface area (Å²) in [5.74, 6) is 0.475. The standard InChI is InChI=1S/C19H21N3O/c1-14-11-16(12-20)22(13-14)19(23)9-10-21-18-8-4-6-15-5-2-3-7-17(15)18/h2-8,14,16,21H,9-11,13H2,1H3. The van der Waals surface area contributed by atoms with Crippen molar-refractivity contribution in [1.29, 1.82) is 5.26 Å². The zero-order valence-corrected chi connectivity index (χ0v) is 13.3. The van der Waals surface area contributed by atoms with Crippen molar-refractivity contribution in [3.63, 3.8) is 0 Å². The number of nitrogens with one attached hydrogen (secondary N) is 1. The lowest BCUT2D eigenvalue weighted by Gasteiger charge is -2.20. The summed E-state index contributed by atoms with van der Waals surface area (Å²) in [6.45, 7) is 3.37. The van der Waals surface area contributed by atoms with E-state index in [1.54, 1.807) is 4.90 Å². The van der Waals surface area contributed by atoms with Gasteiger partial charge >= 0.3 is 0 Å². The summed E-state index contributed by atoms with van der Waals surface area (Å²) in [6.07, 6.45) is 1.20. The maximum atomic E-state index is 12.3. The second-order valence-electron chi connectivity index (χ2n) is 6.24. The summed E-state index contributed by atoms with van der Waals surface area (Å²) in [6, 6.07) is 16.3. The topological polar surface area (TPSA) is 56.1 Å². The molecule has 3 rings (SSSR count). The van der Waals surface area contributed by atoms with Crippen LogP contribution in [0.15, 0.2) is 42.5 Å². The third-order valence-electron chi connectivity index (χ3n) is 4.42. The van der Waals surface area contributed by atoms with E-state index in [9.17, 15) is 4.79 Å². The monoisotopic (exact) mass is 307 g/mol. The molecule has 2 atom stereocenters. The van der Waals surface area contributed by atoms with Crippen LogP contribution in [-0.2, 0) is 4.79 Å². The smallest absolute Gasteiger partial charge is 0.225 e. The lowest BCUT2D eigenvalue weighted by atomic mass is 10.1. The van der Waals surface area contributed by atoms with Crippen LogP contribution in [0.3, 0.4) is 0 Å². The van der Waals surface area contributed by atoms with E-state index in [0.29, 0.717) is 25.4 Å². The molecule has 1 saturated heterocycles. The fourth-order valence-corrected chi connectivity index (χ4v) is 3.27. The van der Waals surface area contributed by atoms with E-state index in [0.717, 1.165) is 17.5 Å². The van der Waals surface area contributed by atoms with E-state index in [1.807, 2.05) is 24.3 Å². The number of fused-ring (bicyclic) bond motifs is 1. The molecule has 2 unspecified atom stereocenters. The molecule has 0 aliphatic carbocycles. The lowest BCUT2D eigenvalue weighted by Crippen LogP contribution is -2.35. The fraction of sp³-hybridized carbons (Fsp3) is 0.368. The average Bonchev–Trinajstić information content (AvgIpc) is 2.96. The molecule has 4 nitrogen and oxygen atoms in total. The quantitative estimate of drug-likeness (QED) is 0.942. The summed E-state index contributed by atoms with van der Waals surface area (Å²) in [5.41, 5.74) is 1.04. The van der Waals surface area contributed by atoms with Gasteiger partial charge in [-0.1, -0.05) is 43.3 Å². The third kappa shape index (κ3) is 3.29. The van der Waals surface area contributed by atoms with Crippen LogP contribution in [0.2, 0.25) is 0 Å². The second-order valence-corrected chi connectivity index (χ2v) is 6.24. The molecule has 2 aromatic carbocycles. The first kappa shape index (κ1) is 15.4. The Kier molecular flexibility index (Phi) is 4.47. The number of rotatable bonds is 4. The molecule has 0 aromatic heterocycles. The number of nitrogens with zero attached hydrogens (tertiary/aromatic N) is 2. The molecule has 1 N–H and O–H groups in total. The first-order chi connectivity index (χ1) is 11.2. The molecule has 0 spiro atoms. The number of carbonyl (C=O) groups excluding carboxylic acids is 1. The molecule has 4 heteroatoms. The zero-order chi connectivity index (χ0) is 16.2. The fourth-order valence-electron chi connectivity index (χ4n) is 3.27. The highest BCUT2D eigenvalue weighted by Gasteiger charge is 2.32. The van der Waals surface area contributed by atoms with E-state index in [4.69, 9.17) is 5.26 Å². The minimum atomic E-state index is -0.255. The molecule has 1 fully saturated rings. The molecule has 0 saturated carbocycles. The molecule has 1 heterocycles. The van der Waals surface area contributed by atoms with E-state index in [1.165, 1.54) is 5.39 Å². The van der Waals surface area contributed by atoms with Gasteiger partial charge in [0.1, 0.15) is 6.04 Å². The van der Waals surface area contributed by atoms with Gasteiger partial charge in [-0.3, -0.25) is 4.79 Å². The van der Waals surface area contributed by atoms with Crippen molar-refractivity contribution < 1.29 is 4.79 Å². The van der Waals surface area contributed by atoms with Gasteiger partial charge in [-0.15, -0.1) is 0 Å². The van der Waals surface area contributed by atoms with Crippen molar-refractivity contribution in [2.75, 3.05) is 18.4 Å². The van der Waals surface area contributed by atoms with Crippen LogP contribution >= 0.6 is 0 Å². The van der Waals surface area contributed by atoms with Gasteiger partial charge in [-0.05, 0) is 23.8 Å². The summed E-state index contributed by atoms with van der Waals surface area (Å²) < 4.78 is 0. The Morgan fingerprint density at radius 3 is 2.91 bits per heavy atom. The van der Waals surface area contributed by atoms with Crippen molar-refractivity contribution in [3.8, 4) is 6.07 Å². The largest absolute Gasteiger partial charge is 0.384 e. The van der Waals surface area contributed by atoms with E-state index < -0.39 is 0 Å². The lowest BCUT2D eigenvalue weighted by molar-refractivity contribution is -0.131. The number of benzene rings is 2. The third-order valence-corrected chi connectivity index (χ3v) is 4.42. The highest BCUT2D eigenvalue weighted by molar-refractivity contribution is 5.93. The number of hydrogen-bond acceptors (Lipinski definition) is 3. The molecule has 1 aliphatic heterocycles. The first-order valence-electron chi connectivity index (χ1n) is 8.10. The molecular weight excluding hydrogens is 286 g/mol. The number of amides is 1. The Hall–Kier alpha value is -2.54. The van der Waals surface area contributed by atoms with Crippen LogP contribution in [0, 0.1) is 17.2 Å². The summed E-state index contributed by atoms with van der Waals surface area (Å²) in [4.78, 5) is 14.1. The first-order valence-corrected chi connectivity index (χ1v) is 8.10. The van der Waals surface area contributed by atoms with Crippen molar-refractivity contribution in [2.45, 2.75) is 25.8 Å². The number of nitriles is 1. The number of hydrogen-bond donors (Lipinski definition) is 1.